The van der Waals surface area contributed by atoms with Crippen molar-refractivity contribution < 1.29 is 24.5 Å². The van der Waals surface area contributed by atoms with Crippen LogP contribution in [0.4, 0.5) is 10.2 Å². The normalized spacial score (nSPS) is 15.0. The van der Waals surface area contributed by atoms with E-state index in [0.717, 1.165) is 5.56 Å². The topological polar surface area (TPSA) is 148 Å². The van der Waals surface area contributed by atoms with Gasteiger partial charge in [-0.1, -0.05) is 24.6 Å². The van der Waals surface area contributed by atoms with E-state index in [9.17, 15) is 14.3 Å². The number of fused-ring (bicyclic) bond motifs is 1. The number of pyridine rings is 1. The van der Waals surface area contributed by atoms with E-state index in [4.69, 9.17) is 4.74 Å². The van der Waals surface area contributed by atoms with Crippen LogP contribution in [0.2, 0.25) is 0 Å². The highest BCUT2D eigenvalue weighted by atomic mass is 19.1. The monoisotopic (exact) mass is 494 g/mol. The summed E-state index contributed by atoms with van der Waals surface area (Å²) in [6.45, 7) is 7.41. The van der Waals surface area contributed by atoms with E-state index in [2.05, 4.69) is 43.9 Å². The van der Waals surface area contributed by atoms with Gasteiger partial charge in [0, 0.05) is 19.2 Å². The molecular weight excluding hydrogens is 467 g/mol. The number of anilines is 1. The summed E-state index contributed by atoms with van der Waals surface area (Å²) in [5.74, 6) is 6.22. The number of aromatic nitrogens is 4. The number of rotatable bonds is 4. The average molecular weight is 495 g/mol. The summed E-state index contributed by atoms with van der Waals surface area (Å²) >= 11 is 0. The number of hydrogen-bond acceptors (Lipinski definition) is 7. The SMILES string of the molecule is C=C1[C@@H](NC(=O)c2n[nH]c(Cc3ccc(F)cc3)n2)COc2ccc(C#CC(C)(C)O)nc2N1C.O. The Bertz CT molecular complexity index is 1320. The van der Waals surface area contributed by atoms with Crippen LogP contribution in [0.25, 0.3) is 0 Å². The van der Waals surface area contributed by atoms with Crippen molar-refractivity contribution in [1.82, 2.24) is 25.5 Å². The molecule has 10 nitrogen and oxygen atoms in total. The largest absolute Gasteiger partial charge is 0.487 e. The predicted molar refractivity (Wildman–Crippen MR) is 131 cm³/mol. The molecular formula is C25H27FN6O4. The summed E-state index contributed by atoms with van der Waals surface area (Å²) in [7, 11) is 1.77. The minimum absolute atomic E-state index is 0. The molecule has 188 valence electrons. The number of benzene rings is 1. The molecule has 1 aliphatic heterocycles. The van der Waals surface area contributed by atoms with Crippen molar-refractivity contribution in [3.63, 3.8) is 0 Å². The molecule has 5 N–H and O–H groups in total. The van der Waals surface area contributed by atoms with E-state index >= 15 is 0 Å². The van der Waals surface area contributed by atoms with Crippen molar-refractivity contribution in [2.75, 3.05) is 18.6 Å². The van der Waals surface area contributed by atoms with Gasteiger partial charge in [0.2, 0.25) is 5.82 Å². The minimum atomic E-state index is -1.14. The number of carbonyl (C=O) groups excluding carboxylic acids is 1. The van der Waals surface area contributed by atoms with Crippen LogP contribution in [0.15, 0.2) is 48.7 Å². The Morgan fingerprint density at radius 1 is 1.31 bits per heavy atom. The molecule has 1 aromatic carbocycles. The van der Waals surface area contributed by atoms with Crippen molar-refractivity contribution in [3.05, 3.63) is 77.4 Å². The van der Waals surface area contributed by atoms with Crippen molar-refractivity contribution in [1.29, 1.82) is 0 Å². The maximum atomic E-state index is 13.1. The average Bonchev–Trinajstić information content (AvgIpc) is 3.25. The lowest BCUT2D eigenvalue weighted by molar-refractivity contribution is 0.0921. The predicted octanol–water partition coefficient (Wildman–Crippen LogP) is 1.37. The molecule has 1 amide bonds. The Hall–Kier alpha value is -4.27. The Morgan fingerprint density at radius 3 is 2.72 bits per heavy atom. The van der Waals surface area contributed by atoms with Crippen LogP contribution in [0.1, 0.15) is 41.5 Å². The van der Waals surface area contributed by atoms with E-state index in [-0.39, 0.29) is 23.7 Å². The van der Waals surface area contributed by atoms with Crippen LogP contribution >= 0.6 is 0 Å². The molecule has 4 rings (SSSR count). The smallest absolute Gasteiger partial charge is 0.291 e. The van der Waals surface area contributed by atoms with Crippen molar-refractivity contribution in [2.24, 2.45) is 0 Å². The highest BCUT2D eigenvalue weighted by molar-refractivity contribution is 5.91. The second-order valence-corrected chi connectivity index (χ2v) is 8.62. The summed E-state index contributed by atoms with van der Waals surface area (Å²) in [5.41, 5.74) is 0.707. The number of ether oxygens (including phenoxy) is 1. The van der Waals surface area contributed by atoms with Crippen LogP contribution in [0, 0.1) is 17.7 Å². The molecule has 2 aromatic heterocycles. The van der Waals surface area contributed by atoms with Gasteiger partial charge in [-0.2, -0.15) is 0 Å². The number of nitrogens with zero attached hydrogens (tertiary/aromatic N) is 4. The highest BCUT2D eigenvalue weighted by Crippen LogP contribution is 2.31. The Kier molecular flexibility index (Phi) is 7.72. The first-order valence-corrected chi connectivity index (χ1v) is 10.9. The first-order chi connectivity index (χ1) is 16.6. The van der Waals surface area contributed by atoms with E-state index < -0.39 is 17.6 Å². The summed E-state index contributed by atoms with van der Waals surface area (Å²) in [6, 6.07) is 8.89. The van der Waals surface area contributed by atoms with Crippen molar-refractivity contribution in [2.45, 2.75) is 31.9 Å². The first kappa shape index (κ1) is 26.3. The molecule has 0 spiro atoms. The van der Waals surface area contributed by atoms with Gasteiger partial charge in [-0.25, -0.2) is 14.4 Å². The standard InChI is InChI=1S/C25H25FN6O3.H2O/c1-15-19(14-35-20-10-9-18(11-12-25(2,3)34)27-23(20)32(15)4)28-24(33)22-29-21(30-31-22)13-16-5-7-17(26)8-6-16;/h5-10,19,34H,1,13-14H2,2-4H3,(H,28,33)(H,29,30,31);1H2/t19-;/m0./s1. The number of likely N-dealkylation sites (N-methyl/N-ethyl adjacent to an activating group) is 1. The third-order valence-corrected chi connectivity index (χ3v) is 5.22. The van der Waals surface area contributed by atoms with Crippen LogP contribution in [-0.4, -0.2) is 62.0 Å². The van der Waals surface area contributed by atoms with Gasteiger partial charge in [-0.3, -0.25) is 9.89 Å². The second kappa shape index (κ2) is 10.6. The molecule has 1 atom stereocenters. The van der Waals surface area contributed by atoms with Gasteiger partial charge < -0.3 is 25.5 Å². The maximum absolute atomic E-state index is 13.1. The molecule has 0 bridgehead atoms. The van der Waals surface area contributed by atoms with Gasteiger partial charge in [0.05, 0.1) is 0 Å². The lowest BCUT2D eigenvalue weighted by Crippen LogP contribution is -2.43. The number of aliphatic hydroxyl groups is 1. The Morgan fingerprint density at radius 2 is 2.03 bits per heavy atom. The van der Waals surface area contributed by atoms with Gasteiger partial charge in [0.25, 0.3) is 5.91 Å². The van der Waals surface area contributed by atoms with Crippen molar-refractivity contribution >= 4 is 11.7 Å². The maximum Gasteiger partial charge on any atom is 0.291 e. The van der Waals surface area contributed by atoms with Crippen LogP contribution < -0.4 is 15.0 Å². The number of amides is 1. The molecule has 0 fully saturated rings. The second-order valence-electron chi connectivity index (χ2n) is 8.62. The zero-order valence-corrected chi connectivity index (χ0v) is 20.1. The molecule has 11 heteroatoms. The molecule has 0 saturated carbocycles. The zero-order chi connectivity index (χ0) is 25.2. The van der Waals surface area contributed by atoms with Gasteiger partial charge in [-0.15, -0.1) is 5.10 Å². The van der Waals surface area contributed by atoms with Crippen molar-refractivity contribution in [3.8, 4) is 17.6 Å². The number of hydrogen-bond donors (Lipinski definition) is 3. The summed E-state index contributed by atoms with van der Waals surface area (Å²) in [6.07, 6.45) is 0.377. The fraction of sp³-hybridized carbons (Fsp3) is 0.280. The third-order valence-electron chi connectivity index (χ3n) is 5.22. The lowest BCUT2D eigenvalue weighted by atomic mass is 10.1. The van der Waals surface area contributed by atoms with Gasteiger partial charge >= 0.3 is 0 Å². The number of aromatic amines is 1. The summed E-state index contributed by atoms with van der Waals surface area (Å²) in [4.78, 5) is 23.3. The third kappa shape index (κ3) is 6.24. The molecule has 0 aliphatic carbocycles. The Labute approximate surface area is 207 Å². The number of H-pyrrole nitrogens is 1. The fourth-order valence-corrected chi connectivity index (χ4v) is 3.33. The van der Waals surface area contributed by atoms with Crippen LogP contribution in [0.5, 0.6) is 5.75 Å². The number of nitrogens with one attached hydrogen (secondary N) is 2. The minimum Gasteiger partial charge on any atom is -0.487 e. The van der Waals surface area contributed by atoms with Gasteiger partial charge in [-0.05, 0) is 49.6 Å². The first-order valence-electron chi connectivity index (χ1n) is 10.9. The molecule has 1 aliphatic rings. The summed E-state index contributed by atoms with van der Waals surface area (Å²) in [5, 5.41) is 19.4. The summed E-state index contributed by atoms with van der Waals surface area (Å²) < 4.78 is 19.0. The zero-order valence-electron chi connectivity index (χ0n) is 20.1. The van der Waals surface area contributed by atoms with E-state index in [1.54, 1.807) is 50.1 Å². The van der Waals surface area contributed by atoms with Crippen LogP contribution in [0.3, 0.4) is 0 Å². The van der Waals surface area contributed by atoms with E-state index in [0.29, 0.717) is 35.2 Å². The molecule has 3 aromatic rings. The van der Waals surface area contributed by atoms with Gasteiger partial charge in [0.1, 0.15) is 35.6 Å². The van der Waals surface area contributed by atoms with Crippen LogP contribution in [-0.2, 0) is 6.42 Å². The fourth-order valence-electron chi connectivity index (χ4n) is 3.33. The van der Waals surface area contributed by atoms with E-state index in [1.807, 2.05) is 0 Å². The molecule has 0 radical (unpaired) electrons. The Balaban J connectivity index is 0.00000361. The molecule has 3 heterocycles. The van der Waals surface area contributed by atoms with Gasteiger partial charge in [0.15, 0.2) is 11.6 Å². The molecule has 0 unspecified atom stereocenters. The van der Waals surface area contributed by atoms with E-state index in [1.165, 1.54) is 12.1 Å². The lowest BCUT2D eigenvalue weighted by Gasteiger charge is -2.24. The number of carbonyl (C=O) groups is 1. The molecule has 0 saturated heterocycles. The quantitative estimate of drug-likeness (QED) is 0.464. The highest BCUT2D eigenvalue weighted by Gasteiger charge is 2.28. The number of halogens is 1. The molecule has 36 heavy (non-hydrogen) atoms.